The number of rotatable bonds is 4. The number of pyridine rings is 2. The van der Waals surface area contributed by atoms with Crippen LogP contribution in [0.4, 0.5) is 5.82 Å². The summed E-state index contributed by atoms with van der Waals surface area (Å²) in [5, 5.41) is 6.53. The fraction of sp³-hybridized carbons (Fsp3) is 0.0556. The predicted molar refractivity (Wildman–Crippen MR) is 89.0 cm³/mol. The Balaban J connectivity index is 2.04. The average Bonchev–Trinajstić information content (AvgIpc) is 2.62. The van der Waals surface area contributed by atoms with Gasteiger partial charge in [-0.15, -0.1) is 0 Å². The summed E-state index contributed by atoms with van der Waals surface area (Å²) in [7, 11) is 1.90. The van der Waals surface area contributed by atoms with Crippen LogP contribution >= 0.6 is 0 Å². The van der Waals surface area contributed by atoms with Crippen LogP contribution in [-0.4, -0.2) is 22.7 Å². The van der Waals surface area contributed by atoms with Gasteiger partial charge < -0.3 is 0 Å². The fourth-order valence-corrected chi connectivity index (χ4v) is 2.13. The number of hydrazone groups is 1. The first-order valence-corrected chi connectivity index (χ1v) is 7.04. The van der Waals surface area contributed by atoms with Gasteiger partial charge in [0.05, 0.1) is 5.71 Å². The van der Waals surface area contributed by atoms with Crippen LogP contribution in [0.3, 0.4) is 0 Å². The number of benzene rings is 1. The van der Waals surface area contributed by atoms with Crippen LogP contribution in [0.5, 0.6) is 0 Å². The molecule has 2 aromatic heterocycles. The Kier molecular flexibility index (Phi) is 4.20. The van der Waals surface area contributed by atoms with Gasteiger partial charge in [-0.1, -0.05) is 36.4 Å². The third kappa shape index (κ3) is 3.17. The zero-order valence-electron chi connectivity index (χ0n) is 12.3. The molecule has 0 fully saturated rings. The Labute approximate surface area is 129 Å². The molecule has 0 aliphatic carbocycles. The van der Waals surface area contributed by atoms with Crippen LogP contribution in [0, 0.1) is 0 Å². The molecule has 0 saturated carbocycles. The highest BCUT2D eigenvalue weighted by Gasteiger charge is 2.09. The Bertz CT molecular complexity index is 698. The summed E-state index contributed by atoms with van der Waals surface area (Å²) in [6, 6.07) is 19.8. The number of nitrogens with zero attached hydrogens (tertiary/aromatic N) is 4. The second kappa shape index (κ2) is 6.63. The van der Waals surface area contributed by atoms with Crippen molar-refractivity contribution in [1.29, 1.82) is 0 Å². The van der Waals surface area contributed by atoms with Crippen molar-refractivity contribution < 1.29 is 0 Å². The van der Waals surface area contributed by atoms with Crippen LogP contribution in [-0.2, 0) is 0 Å². The summed E-state index contributed by atoms with van der Waals surface area (Å²) in [5.41, 5.74) is 2.96. The zero-order chi connectivity index (χ0) is 15.2. The molecule has 0 bridgehead atoms. The summed E-state index contributed by atoms with van der Waals surface area (Å²) in [6.45, 7) is 0. The molecule has 2 heterocycles. The van der Waals surface area contributed by atoms with Crippen molar-refractivity contribution in [2.75, 3.05) is 12.1 Å². The molecule has 0 radical (unpaired) electrons. The van der Waals surface area contributed by atoms with E-state index >= 15 is 0 Å². The summed E-state index contributed by atoms with van der Waals surface area (Å²) in [4.78, 5) is 8.40. The highest BCUT2D eigenvalue weighted by Crippen LogP contribution is 2.14. The van der Waals surface area contributed by atoms with Gasteiger partial charge in [0.2, 0.25) is 0 Å². The maximum Gasteiger partial charge on any atom is 0.148 e. The second-order valence-electron chi connectivity index (χ2n) is 4.76. The molecular weight excluding hydrogens is 272 g/mol. The lowest BCUT2D eigenvalue weighted by Crippen LogP contribution is -2.16. The molecule has 1 aromatic carbocycles. The van der Waals surface area contributed by atoms with E-state index in [0.29, 0.717) is 0 Å². The van der Waals surface area contributed by atoms with Gasteiger partial charge in [0.1, 0.15) is 5.82 Å². The monoisotopic (exact) mass is 288 g/mol. The van der Waals surface area contributed by atoms with E-state index in [9.17, 15) is 0 Å². The molecule has 22 heavy (non-hydrogen) atoms. The molecule has 108 valence electrons. The quantitative estimate of drug-likeness (QED) is 0.546. The molecule has 0 amide bonds. The summed E-state index contributed by atoms with van der Waals surface area (Å²) in [6.07, 6.45) is 5.30. The second-order valence-corrected chi connectivity index (χ2v) is 4.76. The first kappa shape index (κ1) is 13.9. The molecule has 4 nitrogen and oxygen atoms in total. The Morgan fingerprint density at radius 1 is 0.818 bits per heavy atom. The van der Waals surface area contributed by atoms with Crippen molar-refractivity contribution in [3.63, 3.8) is 0 Å². The van der Waals surface area contributed by atoms with E-state index < -0.39 is 0 Å². The molecule has 0 aliphatic rings. The lowest BCUT2D eigenvalue weighted by Gasteiger charge is -2.15. The Morgan fingerprint density at radius 2 is 1.50 bits per heavy atom. The predicted octanol–water partition coefficient (Wildman–Crippen LogP) is 3.37. The van der Waals surface area contributed by atoms with Gasteiger partial charge in [0.25, 0.3) is 0 Å². The molecule has 0 saturated heterocycles. The summed E-state index contributed by atoms with van der Waals surface area (Å²) >= 11 is 0. The van der Waals surface area contributed by atoms with Gasteiger partial charge in [0.15, 0.2) is 0 Å². The fourth-order valence-electron chi connectivity index (χ4n) is 2.13. The van der Waals surface area contributed by atoms with Crippen LogP contribution in [0.15, 0.2) is 84.4 Å². The highest BCUT2D eigenvalue weighted by molar-refractivity contribution is 6.13. The molecule has 3 rings (SSSR count). The molecular formula is C18H16N4. The van der Waals surface area contributed by atoms with E-state index in [4.69, 9.17) is 5.10 Å². The normalized spacial score (nSPS) is 11.2. The summed E-state index contributed by atoms with van der Waals surface area (Å²) in [5.74, 6) is 0.796. The topological polar surface area (TPSA) is 41.4 Å². The first-order valence-electron chi connectivity index (χ1n) is 7.04. The first-order chi connectivity index (χ1) is 10.8. The number of aromatic nitrogens is 2. The third-order valence-corrected chi connectivity index (χ3v) is 3.23. The van der Waals surface area contributed by atoms with Crippen molar-refractivity contribution in [2.45, 2.75) is 0 Å². The lowest BCUT2D eigenvalue weighted by molar-refractivity contribution is 0.977. The van der Waals surface area contributed by atoms with E-state index in [-0.39, 0.29) is 0 Å². The van der Waals surface area contributed by atoms with Gasteiger partial charge >= 0.3 is 0 Å². The minimum atomic E-state index is 0.796. The molecule has 0 N–H and O–H groups in total. The number of hydrogen-bond donors (Lipinski definition) is 0. The highest BCUT2D eigenvalue weighted by atomic mass is 15.5. The Hall–Kier alpha value is -3.01. The SMILES string of the molecule is CN(/N=C(/c1ccccc1)c1ccncc1)c1ccccn1. The largest absolute Gasteiger partial charge is 0.265 e. The van der Waals surface area contributed by atoms with Crippen molar-refractivity contribution in [3.8, 4) is 0 Å². The van der Waals surface area contributed by atoms with E-state index in [1.165, 1.54) is 0 Å². The van der Waals surface area contributed by atoms with Gasteiger partial charge in [-0.2, -0.15) is 5.10 Å². The number of anilines is 1. The van der Waals surface area contributed by atoms with Crippen molar-refractivity contribution in [3.05, 3.63) is 90.4 Å². The molecule has 4 heteroatoms. The molecule has 3 aromatic rings. The van der Waals surface area contributed by atoms with Crippen molar-refractivity contribution in [2.24, 2.45) is 5.10 Å². The van der Waals surface area contributed by atoms with Crippen LogP contribution < -0.4 is 5.01 Å². The molecule has 0 unspecified atom stereocenters. The van der Waals surface area contributed by atoms with Crippen LogP contribution in [0.1, 0.15) is 11.1 Å². The smallest absolute Gasteiger partial charge is 0.148 e. The number of hydrogen-bond acceptors (Lipinski definition) is 4. The lowest BCUT2D eigenvalue weighted by atomic mass is 10.0. The van der Waals surface area contributed by atoms with E-state index in [1.807, 2.05) is 67.7 Å². The average molecular weight is 288 g/mol. The van der Waals surface area contributed by atoms with Gasteiger partial charge in [-0.3, -0.25) is 9.99 Å². The van der Waals surface area contributed by atoms with Gasteiger partial charge in [0, 0.05) is 36.8 Å². The van der Waals surface area contributed by atoms with Gasteiger partial charge in [-0.05, 0) is 24.3 Å². The minimum Gasteiger partial charge on any atom is -0.265 e. The summed E-state index contributed by atoms with van der Waals surface area (Å²) < 4.78 is 0. The molecule has 0 aliphatic heterocycles. The van der Waals surface area contributed by atoms with E-state index in [2.05, 4.69) is 9.97 Å². The van der Waals surface area contributed by atoms with E-state index in [0.717, 1.165) is 22.7 Å². The minimum absolute atomic E-state index is 0.796. The molecule has 0 atom stereocenters. The maximum atomic E-state index is 4.75. The van der Waals surface area contributed by atoms with Crippen LogP contribution in [0.2, 0.25) is 0 Å². The van der Waals surface area contributed by atoms with Crippen LogP contribution in [0.25, 0.3) is 0 Å². The van der Waals surface area contributed by atoms with Gasteiger partial charge in [-0.25, -0.2) is 4.98 Å². The third-order valence-electron chi connectivity index (χ3n) is 3.23. The van der Waals surface area contributed by atoms with E-state index in [1.54, 1.807) is 23.6 Å². The zero-order valence-corrected chi connectivity index (χ0v) is 12.3. The maximum absolute atomic E-state index is 4.75. The Morgan fingerprint density at radius 3 is 2.18 bits per heavy atom. The van der Waals surface area contributed by atoms with Crippen molar-refractivity contribution in [1.82, 2.24) is 9.97 Å². The molecule has 0 spiro atoms. The standard InChI is InChI=1S/C18H16N4/c1-22(17-9-5-6-12-20-17)21-18(15-7-3-2-4-8-15)16-10-13-19-14-11-16/h2-14H,1H3/b21-18-. The van der Waals surface area contributed by atoms with Crippen molar-refractivity contribution >= 4 is 11.5 Å².